The smallest absolute Gasteiger partial charge is 0.141 e. The first-order valence-electron chi connectivity index (χ1n) is 7.15. The molecule has 0 radical (unpaired) electrons. The molecule has 3 nitrogen and oxygen atoms in total. The van der Waals surface area contributed by atoms with E-state index in [-0.39, 0.29) is 5.82 Å². The van der Waals surface area contributed by atoms with Crippen molar-refractivity contribution in [3.05, 3.63) is 46.0 Å². The molecule has 0 aliphatic heterocycles. The van der Waals surface area contributed by atoms with E-state index >= 15 is 0 Å². The van der Waals surface area contributed by atoms with Gasteiger partial charge in [-0.3, -0.25) is 0 Å². The third kappa shape index (κ3) is 4.79. The summed E-state index contributed by atoms with van der Waals surface area (Å²) in [6.45, 7) is 6.63. The number of thiophene rings is 1. The van der Waals surface area contributed by atoms with Crippen molar-refractivity contribution >= 4 is 17.2 Å². The van der Waals surface area contributed by atoms with Gasteiger partial charge in [0.25, 0.3) is 0 Å². The second-order valence-corrected chi connectivity index (χ2v) is 6.63. The summed E-state index contributed by atoms with van der Waals surface area (Å²) >= 11 is 1.72. The van der Waals surface area contributed by atoms with E-state index in [9.17, 15) is 4.39 Å². The van der Waals surface area contributed by atoms with E-state index < -0.39 is 0 Å². The summed E-state index contributed by atoms with van der Waals surface area (Å²) in [5.74, 6) is 1.12. The Morgan fingerprint density at radius 1 is 1.43 bits per heavy atom. The van der Waals surface area contributed by atoms with Gasteiger partial charge in [0, 0.05) is 24.0 Å². The maximum Gasteiger partial charge on any atom is 0.141 e. The molecule has 2 heterocycles. The van der Waals surface area contributed by atoms with Gasteiger partial charge in [-0.2, -0.15) is 0 Å². The molecule has 0 spiro atoms. The molecule has 2 rings (SSSR count). The van der Waals surface area contributed by atoms with Gasteiger partial charge in [0.15, 0.2) is 0 Å². The van der Waals surface area contributed by atoms with E-state index in [4.69, 9.17) is 0 Å². The molecule has 2 aromatic heterocycles. The van der Waals surface area contributed by atoms with E-state index in [0.717, 1.165) is 24.5 Å². The van der Waals surface area contributed by atoms with Crippen LogP contribution in [0.4, 0.5) is 10.2 Å². The Balaban J connectivity index is 2.09. The molecule has 2 aromatic rings. The van der Waals surface area contributed by atoms with Crippen LogP contribution in [0.3, 0.4) is 0 Å². The monoisotopic (exact) mass is 307 g/mol. The maximum absolute atomic E-state index is 13.5. The van der Waals surface area contributed by atoms with Crippen molar-refractivity contribution < 1.29 is 4.39 Å². The number of rotatable bonds is 7. The number of hydrogen-bond acceptors (Lipinski definition) is 4. The number of nitrogens with one attached hydrogen (secondary N) is 1. The molecular weight excluding hydrogens is 285 g/mol. The number of nitrogens with zero attached hydrogens (tertiary/aromatic N) is 2. The number of pyridine rings is 1. The highest BCUT2D eigenvalue weighted by Crippen LogP contribution is 2.21. The third-order valence-corrected chi connectivity index (χ3v) is 3.97. The zero-order valence-corrected chi connectivity index (χ0v) is 13.6. The van der Waals surface area contributed by atoms with Crippen molar-refractivity contribution in [2.75, 3.05) is 18.5 Å². The maximum atomic E-state index is 13.5. The molecule has 0 unspecified atom stereocenters. The Bertz CT molecular complexity index is 555. The molecule has 0 atom stereocenters. The zero-order chi connectivity index (χ0) is 15.2. The van der Waals surface area contributed by atoms with Crippen LogP contribution in [-0.2, 0) is 13.1 Å². The molecule has 0 aromatic carbocycles. The van der Waals surface area contributed by atoms with Crippen LogP contribution >= 0.6 is 11.3 Å². The van der Waals surface area contributed by atoms with Crippen LogP contribution in [-0.4, -0.2) is 18.6 Å². The highest BCUT2D eigenvalue weighted by atomic mass is 32.1. The molecule has 0 aliphatic rings. The van der Waals surface area contributed by atoms with Crippen molar-refractivity contribution in [2.45, 2.75) is 26.9 Å². The molecular formula is C16H22FN3S. The quantitative estimate of drug-likeness (QED) is 0.846. The summed E-state index contributed by atoms with van der Waals surface area (Å²) in [6.07, 6.45) is 1.28. The minimum atomic E-state index is -0.287. The van der Waals surface area contributed by atoms with E-state index in [0.29, 0.717) is 12.5 Å². The van der Waals surface area contributed by atoms with Crippen molar-refractivity contribution in [3.63, 3.8) is 0 Å². The molecule has 1 N–H and O–H groups in total. The van der Waals surface area contributed by atoms with Crippen LogP contribution in [0.1, 0.15) is 24.3 Å². The first-order valence-corrected chi connectivity index (χ1v) is 8.03. The lowest BCUT2D eigenvalue weighted by atomic mass is 10.2. The normalized spacial score (nSPS) is 11.1. The van der Waals surface area contributed by atoms with E-state index in [1.54, 1.807) is 17.4 Å². The van der Waals surface area contributed by atoms with Crippen molar-refractivity contribution in [2.24, 2.45) is 5.92 Å². The van der Waals surface area contributed by atoms with Crippen molar-refractivity contribution in [3.8, 4) is 0 Å². The summed E-state index contributed by atoms with van der Waals surface area (Å²) in [5.41, 5.74) is 0.898. The topological polar surface area (TPSA) is 28.2 Å². The van der Waals surface area contributed by atoms with Gasteiger partial charge in [0.1, 0.15) is 11.6 Å². The SMILES string of the molecule is CC(C)CNCc1cc(F)cnc1N(C)Cc1cccs1. The van der Waals surface area contributed by atoms with Gasteiger partial charge in [-0.15, -0.1) is 11.3 Å². The average Bonchev–Trinajstić information content (AvgIpc) is 2.91. The van der Waals surface area contributed by atoms with Crippen molar-refractivity contribution in [1.82, 2.24) is 10.3 Å². The summed E-state index contributed by atoms with van der Waals surface area (Å²) in [5, 5.41) is 5.41. The molecule has 0 amide bonds. The number of halogens is 1. The van der Waals surface area contributed by atoms with Crippen molar-refractivity contribution in [1.29, 1.82) is 0 Å². The predicted octanol–water partition coefficient (Wildman–Crippen LogP) is 3.66. The Labute approximate surface area is 129 Å². The molecule has 0 bridgehead atoms. The van der Waals surface area contributed by atoms with Crippen LogP contribution in [0, 0.1) is 11.7 Å². The molecule has 0 aliphatic carbocycles. The fraction of sp³-hybridized carbons (Fsp3) is 0.438. The largest absolute Gasteiger partial charge is 0.354 e. The number of anilines is 1. The second kappa shape index (κ2) is 7.52. The highest BCUT2D eigenvalue weighted by Gasteiger charge is 2.11. The first kappa shape index (κ1) is 15.9. The fourth-order valence-corrected chi connectivity index (χ4v) is 2.91. The molecule has 5 heteroatoms. The van der Waals surface area contributed by atoms with Gasteiger partial charge in [0.05, 0.1) is 12.7 Å². The van der Waals surface area contributed by atoms with Crippen LogP contribution in [0.5, 0.6) is 0 Å². The van der Waals surface area contributed by atoms with Gasteiger partial charge in [-0.25, -0.2) is 9.37 Å². The Hall–Kier alpha value is -1.46. The van der Waals surface area contributed by atoms with Gasteiger partial charge < -0.3 is 10.2 Å². The standard InChI is InChI=1S/C16H22FN3S/c1-12(2)8-18-9-13-7-14(17)10-19-16(13)20(3)11-15-5-4-6-21-15/h4-7,10,12,18H,8-9,11H2,1-3H3. The van der Waals surface area contributed by atoms with Crippen LogP contribution < -0.4 is 10.2 Å². The lowest BCUT2D eigenvalue weighted by Gasteiger charge is -2.21. The zero-order valence-electron chi connectivity index (χ0n) is 12.8. The highest BCUT2D eigenvalue weighted by molar-refractivity contribution is 7.09. The second-order valence-electron chi connectivity index (χ2n) is 5.60. The molecule has 0 saturated carbocycles. The summed E-state index contributed by atoms with van der Waals surface area (Å²) < 4.78 is 13.5. The van der Waals surface area contributed by atoms with E-state index in [2.05, 4.69) is 40.5 Å². The summed E-state index contributed by atoms with van der Waals surface area (Å²) in [4.78, 5) is 7.61. The lowest BCUT2D eigenvalue weighted by molar-refractivity contribution is 0.548. The summed E-state index contributed by atoms with van der Waals surface area (Å²) in [7, 11) is 1.99. The van der Waals surface area contributed by atoms with Crippen LogP contribution in [0.2, 0.25) is 0 Å². The van der Waals surface area contributed by atoms with E-state index in [1.807, 2.05) is 13.1 Å². The lowest BCUT2D eigenvalue weighted by Crippen LogP contribution is -2.23. The van der Waals surface area contributed by atoms with Gasteiger partial charge in [0.2, 0.25) is 0 Å². The molecule has 114 valence electrons. The van der Waals surface area contributed by atoms with Crippen LogP contribution in [0.25, 0.3) is 0 Å². The Morgan fingerprint density at radius 2 is 2.24 bits per heavy atom. The average molecular weight is 307 g/mol. The molecule has 0 saturated heterocycles. The minimum Gasteiger partial charge on any atom is -0.354 e. The van der Waals surface area contributed by atoms with E-state index in [1.165, 1.54) is 11.1 Å². The van der Waals surface area contributed by atoms with Gasteiger partial charge in [-0.1, -0.05) is 19.9 Å². The number of hydrogen-bond donors (Lipinski definition) is 1. The Morgan fingerprint density at radius 3 is 2.90 bits per heavy atom. The minimum absolute atomic E-state index is 0.287. The predicted molar refractivity (Wildman–Crippen MR) is 87.2 cm³/mol. The molecule has 21 heavy (non-hydrogen) atoms. The van der Waals surface area contributed by atoms with Gasteiger partial charge >= 0.3 is 0 Å². The number of aromatic nitrogens is 1. The first-order chi connectivity index (χ1) is 10.1. The Kier molecular flexibility index (Phi) is 5.70. The fourth-order valence-electron chi connectivity index (χ4n) is 2.15. The molecule has 0 fully saturated rings. The van der Waals surface area contributed by atoms with Crippen LogP contribution in [0.15, 0.2) is 29.8 Å². The van der Waals surface area contributed by atoms with Gasteiger partial charge in [-0.05, 0) is 30.0 Å². The third-order valence-electron chi connectivity index (χ3n) is 3.11. The summed E-state index contributed by atoms with van der Waals surface area (Å²) in [6, 6.07) is 5.71.